The van der Waals surface area contributed by atoms with Crippen LogP contribution in [0.4, 0.5) is 10.1 Å². The van der Waals surface area contributed by atoms with Crippen LogP contribution < -0.4 is 10.5 Å². The van der Waals surface area contributed by atoms with Crippen molar-refractivity contribution in [2.45, 2.75) is 18.4 Å². The number of rotatable bonds is 4. The van der Waals surface area contributed by atoms with E-state index in [2.05, 4.69) is 4.72 Å². The third kappa shape index (κ3) is 3.72. The van der Waals surface area contributed by atoms with Crippen LogP contribution in [0, 0.1) is 12.7 Å². The van der Waals surface area contributed by atoms with Crippen molar-refractivity contribution in [2.75, 3.05) is 5.73 Å². The lowest BCUT2D eigenvalue weighted by atomic mass is 10.2. The Bertz CT molecular complexity index is 755. The first kappa shape index (κ1) is 15.8. The number of sulfonamides is 1. The van der Waals surface area contributed by atoms with Gasteiger partial charge in [0.15, 0.2) is 0 Å². The molecule has 2 aromatic carbocycles. The van der Waals surface area contributed by atoms with Crippen molar-refractivity contribution in [2.24, 2.45) is 0 Å². The minimum atomic E-state index is -3.77. The molecule has 2 aromatic rings. The van der Waals surface area contributed by atoms with Crippen molar-refractivity contribution >= 4 is 27.3 Å². The number of hydrogen-bond donors (Lipinski definition) is 2. The molecule has 0 unspecified atom stereocenters. The molecule has 0 aliphatic carbocycles. The molecule has 0 aromatic heterocycles. The predicted octanol–water partition coefficient (Wildman–Crippen LogP) is 2.85. The van der Waals surface area contributed by atoms with Crippen LogP contribution >= 0.6 is 11.6 Å². The summed E-state index contributed by atoms with van der Waals surface area (Å²) in [5.41, 5.74) is 7.16. The van der Waals surface area contributed by atoms with Crippen LogP contribution in [-0.4, -0.2) is 8.42 Å². The third-order valence-corrected chi connectivity index (χ3v) is 4.80. The van der Waals surface area contributed by atoms with Gasteiger partial charge in [-0.2, -0.15) is 0 Å². The van der Waals surface area contributed by atoms with Crippen LogP contribution in [0.15, 0.2) is 41.3 Å². The van der Waals surface area contributed by atoms with Gasteiger partial charge in [0.2, 0.25) is 10.0 Å². The topological polar surface area (TPSA) is 72.2 Å². The van der Waals surface area contributed by atoms with Crippen molar-refractivity contribution in [1.29, 1.82) is 0 Å². The van der Waals surface area contributed by atoms with E-state index in [9.17, 15) is 12.8 Å². The van der Waals surface area contributed by atoms with Crippen molar-refractivity contribution in [3.63, 3.8) is 0 Å². The summed E-state index contributed by atoms with van der Waals surface area (Å²) in [6, 6.07) is 8.37. The van der Waals surface area contributed by atoms with Crippen molar-refractivity contribution in [1.82, 2.24) is 4.72 Å². The van der Waals surface area contributed by atoms with E-state index in [1.165, 1.54) is 30.3 Å². The highest BCUT2D eigenvalue weighted by atomic mass is 35.5. The number of anilines is 1. The summed E-state index contributed by atoms with van der Waals surface area (Å²) in [7, 11) is -3.77. The Kier molecular flexibility index (Phi) is 4.51. The maximum atomic E-state index is 13.0. The van der Waals surface area contributed by atoms with Crippen LogP contribution in [-0.2, 0) is 16.6 Å². The van der Waals surface area contributed by atoms with E-state index in [0.717, 1.165) is 0 Å². The van der Waals surface area contributed by atoms with E-state index < -0.39 is 15.8 Å². The Morgan fingerprint density at radius 3 is 2.62 bits per heavy atom. The number of hydrogen-bond acceptors (Lipinski definition) is 3. The van der Waals surface area contributed by atoms with Crippen LogP contribution in [0.5, 0.6) is 0 Å². The smallest absolute Gasteiger partial charge is 0.240 e. The van der Waals surface area contributed by atoms with Gasteiger partial charge in [-0.1, -0.05) is 23.7 Å². The first-order valence-electron chi connectivity index (χ1n) is 6.09. The van der Waals surface area contributed by atoms with Gasteiger partial charge in [-0.25, -0.2) is 17.5 Å². The number of benzene rings is 2. The second-order valence-corrected chi connectivity index (χ2v) is 6.75. The van der Waals surface area contributed by atoms with Gasteiger partial charge in [-0.05, 0) is 42.3 Å². The Hall–Kier alpha value is -1.63. The maximum Gasteiger partial charge on any atom is 0.240 e. The fourth-order valence-corrected chi connectivity index (χ4v) is 3.11. The molecule has 4 nitrogen and oxygen atoms in total. The average molecular weight is 329 g/mol. The molecule has 0 bridgehead atoms. The number of nitrogens with two attached hydrogens (primary N) is 1. The standard InChI is InChI=1S/C14H14ClFN2O2S/c1-9-13(15)6-12(7-14(9)17)21(19,20)18-8-10-3-2-4-11(16)5-10/h2-7,18H,8,17H2,1H3. The normalized spacial score (nSPS) is 11.6. The summed E-state index contributed by atoms with van der Waals surface area (Å²) >= 11 is 5.94. The van der Waals surface area contributed by atoms with Gasteiger partial charge < -0.3 is 5.73 Å². The van der Waals surface area contributed by atoms with Gasteiger partial charge in [0.25, 0.3) is 0 Å². The minimum absolute atomic E-state index is 0.0213. The van der Waals surface area contributed by atoms with Gasteiger partial charge in [0.1, 0.15) is 5.82 Å². The van der Waals surface area contributed by atoms with Gasteiger partial charge in [0, 0.05) is 17.3 Å². The summed E-state index contributed by atoms with van der Waals surface area (Å²) in [5, 5.41) is 0.279. The van der Waals surface area contributed by atoms with E-state index in [-0.39, 0.29) is 16.5 Å². The Morgan fingerprint density at radius 1 is 1.29 bits per heavy atom. The molecule has 0 amide bonds. The monoisotopic (exact) mass is 328 g/mol. The lowest BCUT2D eigenvalue weighted by Gasteiger charge is -2.10. The molecule has 0 aliphatic rings. The molecule has 0 fully saturated rings. The van der Waals surface area contributed by atoms with E-state index in [4.69, 9.17) is 17.3 Å². The minimum Gasteiger partial charge on any atom is -0.398 e. The first-order chi connectivity index (χ1) is 9.79. The maximum absolute atomic E-state index is 13.0. The molecule has 3 N–H and O–H groups in total. The molecular formula is C14H14ClFN2O2S. The lowest BCUT2D eigenvalue weighted by molar-refractivity contribution is 0.580. The molecular weight excluding hydrogens is 315 g/mol. The van der Waals surface area contributed by atoms with Gasteiger partial charge in [-0.15, -0.1) is 0 Å². The SMILES string of the molecule is Cc1c(N)cc(S(=O)(=O)NCc2cccc(F)c2)cc1Cl. The van der Waals surface area contributed by atoms with Crippen LogP contribution in [0.2, 0.25) is 5.02 Å². The zero-order valence-corrected chi connectivity index (χ0v) is 12.8. The fourth-order valence-electron chi connectivity index (χ4n) is 1.74. The quantitative estimate of drug-likeness (QED) is 0.848. The Labute approximate surface area is 127 Å². The van der Waals surface area contributed by atoms with Gasteiger partial charge >= 0.3 is 0 Å². The second kappa shape index (κ2) is 6.01. The molecule has 0 heterocycles. The second-order valence-electron chi connectivity index (χ2n) is 4.57. The highest BCUT2D eigenvalue weighted by Gasteiger charge is 2.16. The highest BCUT2D eigenvalue weighted by Crippen LogP contribution is 2.25. The Morgan fingerprint density at radius 2 is 2.00 bits per heavy atom. The summed E-state index contributed by atoms with van der Waals surface area (Å²) in [5.74, 6) is -0.422. The molecule has 112 valence electrons. The van der Waals surface area contributed by atoms with Crippen molar-refractivity contribution < 1.29 is 12.8 Å². The van der Waals surface area contributed by atoms with Crippen LogP contribution in [0.25, 0.3) is 0 Å². The fraction of sp³-hybridized carbons (Fsp3) is 0.143. The van der Waals surface area contributed by atoms with Crippen LogP contribution in [0.3, 0.4) is 0 Å². The molecule has 0 radical (unpaired) electrons. The number of halogens is 2. The van der Waals surface area contributed by atoms with E-state index in [1.807, 2.05) is 0 Å². The van der Waals surface area contributed by atoms with Gasteiger partial charge in [0.05, 0.1) is 4.90 Å². The molecule has 0 saturated carbocycles. The predicted molar refractivity (Wildman–Crippen MR) is 81.0 cm³/mol. The van der Waals surface area contributed by atoms with E-state index >= 15 is 0 Å². The summed E-state index contributed by atoms with van der Waals surface area (Å²) in [6.45, 7) is 1.68. The summed E-state index contributed by atoms with van der Waals surface area (Å²) in [6.07, 6.45) is 0. The van der Waals surface area contributed by atoms with E-state index in [1.54, 1.807) is 13.0 Å². The summed E-state index contributed by atoms with van der Waals surface area (Å²) < 4.78 is 39.8. The van der Waals surface area contributed by atoms with Gasteiger partial charge in [-0.3, -0.25) is 0 Å². The van der Waals surface area contributed by atoms with Crippen LogP contribution in [0.1, 0.15) is 11.1 Å². The molecule has 21 heavy (non-hydrogen) atoms. The molecule has 0 saturated heterocycles. The zero-order chi connectivity index (χ0) is 15.6. The van der Waals surface area contributed by atoms with E-state index in [0.29, 0.717) is 16.8 Å². The van der Waals surface area contributed by atoms with Crippen molar-refractivity contribution in [3.8, 4) is 0 Å². The molecule has 0 aliphatic heterocycles. The molecule has 2 rings (SSSR count). The first-order valence-corrected chi connectivity index (χ1v) is 7.95. The number of nitrogen functional groups attached to an aromatic ring is 1. The third-order valence-electron chi connectivity index (χ3n) is 3.02. The Balaban J connectivity index is 2.23. The molecule has 0 spiro atoms. The lowest BCUT2D eigenvalue weighted by Crippen LogP contribution is -2.23. The zero-order valence-electron chi connectivity index (χ0n) is 11.2. The molecule has 7 heteroatoms. The average Bonchev–Trinajstić information content (AvgIpc) is 2.42. The van der Waals surface area contributed by atoms with Crippen molar-refractivity contribution in [3.05, 3.63) is 58.4 Å². The number of nitrogens with one attached hydrogen (secondary N) is 1. The summed E-state index contributed by atoms with van der Waals surface area (Å²) in [4.78, 5) is -0.0213. The highest BCUT2D eigenvalue weighted by molar-refractivity contribution is 7.89. The molecule has 0 atom stereocenters. The largest absolute Gasteiger partial charge is 0.398 e.